The van der Waals surface area contributed by atoms with Crippen molar-refractivity contribution in [3.63, 3.8) is 0 Å². The van der Waals surface area contributed by atoms with Crippen LogP contribution in [0.3, 0.4) is 0 Å². The lowest BCUT2D eigenvalue weighted by Gasteiger charge is -2.24. The molecule has 2 aliphatic heterocycles. The van der Waals surface area contributed by atoms with Crippen LogP contribution in [0.2, 0.25) is 0 Å². The van der Waals surface area contributed by atoms with Crippen LogP contribution >= 0.6 is 0 Å². The van der Waals surface area contributed by atoms with E-state index in [1.807, 2.05) is 4.90 Å². The molecule has 1 aromatic carbocycles. The number of rotatable bonds is 3. The Balaban J connectivity index is 1.75. The van der Waals surface area contributed by atoms with Crippen LogP contribution in [0.4, 0.5) is 0 Å². The second-order valence-corrected chi connectivity index (χ2v) is 8.38. The van der Waals surface area contributed by atoms with Crippen molar-refractivity contribution in [3.05, 3.63) is 29.8 Å². The minimum Gasteiger partial charge on any atom is -0.337 e. The molecule has 1 amide bonds. The molecule has 2 fully saturated rings. The van der Waals surface area contributed by atoms with Crippen molar-refractivity contribution >= 4 is 15.7 Å². The minimum atomic E-state index is -3.21. The van der Waals surface area contributed by atoms with Gasteiger partial charge in [0.15, 0.2) is 9.84 Å². The van der Waals surface area contributed by atoms with Gasteiger partial charge >= 0.3 is 0 Å². The monoisotopic (exact) mass is 322 g/mol. The van der Waals surface area contributed by atoms with Crippen molar-refractivity contribution in [2.75, 3.05) is 18.8 Å². The fraction of sp³-hybridized carbons (Fsp3) is 0.562. The Bertz CT molecular complexity index is 654. The maximum atomic E-state index is 12.6. The number of likely N-dealkylation sites (tertiary alicyclic amines) is 1. The maximum Gasteiger partial charge on any atom is 0.253 e. The number of sulfone groups is 1. The van der Waals surface area contributed by atoms with Gasteiger partial charge in [0.2, 0.25) is 0 Å². The highest BCUT2D eigenvalue weighted by Gasteiger charge is 2.31. The van der Waals surface area contributed by atoms with Crippen LogP contribution in [0.1, 0.15) is 36.5 Å². The highest BCUT2D eigenvalue weighted by molar-refractivity contribution is 7.91. The van der Waals surface area contributed by atoms with E-state index in [4.69, 9.17) is 0 Å². The summed E-state index contributed by atoms with van der Waals surface area (Å²) in [6.45, 7) is 3.13. The molecule has 1 aromatic rings. The molecule has 5 nitrogen and oxygen atoms in total. The lowest BCUT2D eigenvalue weighted by molar-refractivity contribution is 0.0748. The van der Waals surface area contributed by atoms with Gasteiger partial charge in [-0.1, -0.05) is 6.92 Å². The normalized spacial score (nSPS) is 25.0. The van der Waals surface area contributed by atoms with Gasteiger partial charge in [0.25, 0.3) is 5.91 Å². The smallest absolute Gasteiger partial charge is 0.253 e. The molecule has 2 aliphatic rings. The number of hydrogen-bond donors (Lipinski definition) is 1. The molecule has 2 bridgehead atoms. The van der Waals surface area contributed by atoms with E-state index in [1.165, 1.54) is 18.6 Å². The molecule has 1 N–H and O–H groups in total. The summed E-state index contributed by atoms with van der Waals surface area (Å²) < 4.78 is 23.6. The molecule has 120 valence electrons. The van der Waals surface area contributed by atoms with Gasteiger partial charge in [0.05, 0.1) is 10.6 Å². The van der Waals surface area contributed by atoms with Gasteiger partial charge in [0.1, 0.15) is 0 Å². The molecule has 22 heavy (non-hydrogen) atoms. The zero-order chi connectivity index (χ0) is 15.7. The topological polar surface area (TPSA) is 66.5 Å². The van der Waals surface area contributed by atoms with Gasteiger partial charge in [-0.2, -0.15) is 0 Å². The van der Waals surface area contributed by atoms with E-state index < -0.39 is 9.84 Å². The number of benzene rings is 1. The van der Waals surface area contributed by atoms with Crippen molar-refractivity contribution in [2.45, 2.75) is 43.2 Å². The van der Waals surface area contributed by atoms with Crippen molar-refractivity contribution in [2.24, 2.45) is 0 Å². The Morgan fingerprint density at radius 1 is 1.18 bits per heavy atom. The van der Waals surface area contributed by atoms with E-state index in [1.54, 1.807) is 19.1 Å². The number of hydrogen-bond acceptors (Lipinski definition) is 4. The highest BCUT2D eigenvalue weighted by atomic mass is 32.2. The molecule has 0 radical (unpaired) electrons. The van der Waals surface area contributed by atoms with Crippen LogP contribution in [0.25, 0.3) is 0 Å². The van der Waals surface area contributed by atoms with Crippen LogP contribution < -0.4 is 5.32 Å². The zero-order valence-corrected chi connectivity index (χ0v) is 13.6. The molecule has 6 heteroatoms. The molecule has 0 spiro atoms. The largest absolute Gasteiger partial charge is 0.337 e. The lowest BCUT2D eigenvalue weighted by atomic mass is 10.1. The number of nitrogens with one attached hydrogen (secondary N) is 1. The molecule has 0 aliphatic carbocycles. The van der Waals surface area contributed by atoms with Crippen LogP contribution in [0, 0.1) is 0 Å². The molecule has 2 atom stereocenters. The third kappa shape index (κ3) is 3.03. The average molecular weight is 322 g/mol. The number of amides is 1. The quantitative estimate of drug-likeness (QED) is 0.914. The van der Waals surface area contributed by atoms with Gasteiger partial charge in [-0.3, -0.25) is 4.79 Å². The van der Waals surface area contributed by atoms with E-state index in [0.29, 0.717) is 17.6 Å². The van der Waals surface area contributed by atoms with E-state index in [-0.39, 0.29) is 16.6 Å². The van der Waals surface area contributed by atoms with Crippen LogP contribution in [0.15, 0.2) is 29.2 Å². The average Bonchev–Trinajstić information content (AvgIpc) is 2.86. The van der Waals surface area contributed by atoms with E-state index in [9.17, 15) is 13.2 Å². The molecular weight excluding hydrogens is 300 g/mol. The van der Waals surface area contributed by atoms with Gasteiger partial charge in [0, 0.05) is 30.7 Å². The van der Waals surface area contributed by atoms with Gasteiger partial charge < -0.3 is 10.2 Å². The van der Waals surface area contributed by atoms with Crippen LogP contribution in [-0.2, 0) is 9.84 Å². The second kappa shape index (κ2) is 6.01. The third-order valence-corrected chi connectivity index (χ3v) is 6.40. The Labute approximate surface area is 131 Å². The first-order chi connectivity index (χ1) is 10.5. The number of carbonyl (C=O) groups excluding carboxylic acids is 1. The lowest BCUT2D eigenvalue weighted by Crippen LogP contribution is -2.39. The fourth-order valence-electron chi connectivity index (χ4n) is 3.28. The summed E-state index contributed by atoms with van der Waals surface area (Å²) in [6, 6.07) is 7.27. The summed E-state index contributed by atoms with van der Waals surface area (Å²) in [4.78, 5) is 14.8. The van der Waals surface area contributed by atoms with Gasteiger partial charge in [-0.05, 0) is 43.5 Å². The predicted octanol–water partition coefficient (Wildman–Crippen LogP) is 1.45. The molecule has 0 saturated carbocycles. The first-order valence-electron chi connectivity index (χ1n) is 7.88. The summed E-state index contributed by atoms with van der Waals surface area (Å²) in [5.41, 5.74) is 0.563. The first kappa shape index (κ1) is 15.5. The second-order valence-electron chi connectivity index (χ2n) is 6.11. The Kier molecular flexibility index (Phi) is 4.23. The number of fused-ring (bicyclic) bond motifs is 2. The molecule has 3 rings (SSSR count). The summed E-state index contributed by atoms with van der Waals surface area (Å²) in [6.07, 6.45) is 3.32. The third-order valence-electron chi connectivity index (χ3n) is 4.65. The Morgan fingerprint density at radius 2 is 1.86 bits per heavy atom. The zero-order valence-electron chi connectivity index (χ0n) is 12.8. The fourth-order valence-corrected chi connectivity index (χ4v) is 4.17. The van der Waals surface area contributed by atoms with Crippen LogP contribution in [0.5, 0.6) is 0 Å². The van der Waals surface area contributed by atoms with Crippen molar-refractivity contribution in [1.29, 1.82) is 0 Å². The summed E-state index contributed by atoms with van der Waals surface area (Å²) in [5, 5.41) is 3.55. The Morgan fingerprint density at radius 3 is 2.55 bits per heavy atom. The van der Waals surface area contributed by atoms with Crippen molar-refractivity contribution in [3.8, 4) is 0 Å². The molecule has 2 unspecified atom stereocenters. The van der Waals surface area contributed by atoms with Crippen molar-refractivity contribution < 1.29 is 13.2 Å². The number of carbonyl (C=O) groups is 1. The van der Waals surface area contributed by atoms with Gasteiger partial charge in [-0.15, -0.1) is 0 Å². The summed E-state index contributed by atoms with van der Waals surface area (Å²) in [7, 11) is -3.21. The molecule has 0 aromatic heterocycles. The maximum absolute atomic E-state index is 12.6. The summed E-state index contributed by atoms with van der Waals surface area (Å²) in [5.74, 6) is 0.0658. The number of nitrogens with zero attached hydrogens (tertiary/aromatic N) is 1. The standard InChI is InChI=1S/C16H22N2O3S/c1-2-22(20,21)15-7-3-12(4-8-15)16(19)18-10-9-13-5-6-14(11-18)17-13/h3-4,7-8,13-14,17H,2,5-6,9-11H2,1H3. The molecular formula is C16H22N2O3S. The van der Waals surface area contributed by atoms with E-state index in [2.05, 4.69) is 5.32 Å². The SMILES string of the molecule is CCS(=O)(=O)c1ccc(C(=O)N2CCC3CCC(C2)N3)cc1. The predicted molar refractivity (Wildman–Crippen MR) is 84.6 cm³/mol. The van der Waals surface area contributed by atoms with Crippen LogP contribution in [-0.4, -0.2) is 50.2 Å². The molecule has 2 saturated heterocycles. The Hall–Kier alpha value is -1.40. The van der Waals surface area contributed by atoms with Gasteiger partial charge in [-0.25, -0.2) is 8.42 Å². The highest BCUT2D eigenvalue weighted by Crippen LogP contribution is 2.22. The van der Waals surface area contributed by atoms with E-state index >= 15 is 0 Å². The molecule has 2 heterocycles. The summed E-state index contributed by atoms with van der Waals surface area (Å²) >= 11 is 0. The van der Waals surface area contributed by atoms with E-state index in [0.717, 1.165) is 25.9 Å². The first-order valence-corrected chi connectivity index (χ1v) is 9.53. The minimum absolute atomic E-state index is 0.00482. The van der Waals surface area contributed by atoms with Crippen molar-refractivity contribution in [1.82, 2.24) is 10.2 Å².